The van der Waals surface area contributed by atoms with Crippen molar-refractivity contribution in [2.45, 2.75) is 26.9 Å². The van der Waals surface area contributed by atoms with Crippen LogP contribution < -0.4 is 0 Å². The van der Waals surface area contributed by atoms with Gasteiger partial charge in [-0.1, -0.05) is 22.7 Å². The fourth-order valence-electron chi connectivity index (χ4n) is 2.68. The molecule has 0 aliphatic rings. The van der Waals surface area contributed by atoms with Gasteiger partial charge in [0.25, 0.3) is 0 Å². The van der Waals surface area contributed by atoms with E-state index < -0.39 is 17.7 Å². The third-order valence-electron chi connectivity index (χ3n) is 4.03. The highest BCUT2D eigenvalue weighted by Gasteiger charge is 2.22. The van der Waals surface area contributed by atoms with Crippen molar-refractivity contribution in [1.29, 1.82) is 0 Å². The third kappa shape index (κ3) is 4.62. The Morgan fingerprint density at radius 2 is 1.78 bits per heavy atom. The predicted molar refractivity (Wildman–Crippen MR) is 103 cm³/mol. The van der Waals surface area contributed by atoms with Crippen LogP contribution >= 0.6 is 11.6 Å². The average molecular weight is 392 g/mol. The molecule has 7 heteroatoms. The lowest BCUT2D eigenvalue weighted by molar-refractivity contribution is 0.200. The molecule has 0 radical (unpaired) electrons. The van der Waals surface area contributed by atoms with Crippen LogP contribution in [0.5, 0.6) is 0 Å². The molecule has 1 unspecified atom stereocenters. The average Bonchev–Trinajstić information content (AvgIpc) is 2.61. The van der Waals surface area contributed by atoms with Crippen molar-refractivity contribution >= 4 is 17.3 Å². The summed E-state index contributed by atoms with van der Waals surface area (Å²) in [5.74, 6) is 0.938. The molecule has 27 heavy (non-hydrogen) atoms. The van der Waals surface area contributed by atoms with Gasteiger partial charge in [0.15, 0.2) is 0 Å². The van der Waals surface area contributed by atoms with Crippen LogP contribution in [0.15, 0.2) is 34.6 Å². The molecule has 142 valence electrons. The predicted octanol–water partition coefficient (Wildman–Crippen LogP) is 5.66. The van der Waals surface area contributed by atoms with E-state index in [1.54, 1.807) is 5.01 Å². The van der Waals surface area contributed by atoms with E-state index in [9.17, 15) is 13.9 Å². The summed E-state index contributed by atoms with van der Waals surface area (Å²) >= 11 is 6.27. The summed E-state index contributed by atoms with van der Waals surface area (Å²) in [4.78, 5) is 0. The standard InChI is InChI=1S/C20H20ClF2N3O/c1-5-16-18(21)11-17(12(4)27)19(13-8-14(22)10-15(23)9-13)20(16)24-25-26(6-2)7-3/h1,8-12,27H,6-7H2,2-4H3. The number of benzene rings is 2. The van der Waals surface area contributed by atoms with Crippen molar-refractivity contribution < 1.29 is 13.9 Å². The lowest BCUT2D eigenvalue weighted by atomic mass is 9.92. The molecule has 0 aliphatic carbocycles. The number of aliphatic hydroxyl groups is 1. The van der Waals surface area contributed by atoms with Gasteiger partial charge in [-0.15, -0.1) is 11.5 Å². The number of halogens is 3. The quantitative estimate of drug-likeness (QED) is 0.392. The summed E-state index contributed by atoms with van der Waals surface area (Å²) in [5, 5.41) is 20.5. The summed E-state index contributed by atoms with van der Waals surface area (Å²) in [6, 6.07) is 4.54. The van der Waals surface area contributed by atoms with E-state index >= 15 is 0 Å². The maximum Gasteiger partial charge on any atom is 0.126 e. The number of terminal acetylenes is 1. The number of rotatable bonds is 6. The summed E-state index contributed by atoms with van der Waals surface area (Å²) < 4.78 is 27.7. The molecule has 0 saturated heterocycles. The SMILES string of the molecule is C#Cc1c(Cl)cc(C(C)O)c(-c2cc(F)cc(F)c2)c1N=NN(CC)CC. The zero-order chi connectivity index (χ0) is 20.1. The molecule has 0 amide bonds. The van der Waals surface area contributed by atoms with Crippen LogP contribution in [0.3, 0.4) is 0 Å². The molecular weight excluding hydrogens is 372 g/mol. The van der Waals surface area contributed by atoms with Crippen molar-refractivity contribution in [3.8, 4) is 23.5 Å². The van der Waals surface area contributed by atoms with Crippen molar-refractivity contribution in [2.24, 2.45) is 10.3 Å². The summed E-state index contributed by atoms with van der Waals surface area (Å²) in [6.45, 7) is 6.56. The van der Waals surface area contributed by atoms with Crippen molar-refractivity contribution in [3.05, 3.63) is 52.0 Å². The zero-order valence-electron chi connectivity index (χ0n) is 15.3. The monoisotopic (exact) mass is 391 g/mol. The molecular formula is C20H20ClF2N3O. The fourth-order valence-corrected chi connectivity index (χ4v) is 2.94. The Hall–Kier alpha value is -2.49. The Morgan fingerprint density at radius 3 is 2.26 bits per heavy atom. The number of hydrogen-bond acceptors (Lipinski definition) is 3. The molecule has 0 bridgehead atoms. The summed E-state index contributed by atoms with van der Waals surface area (Å²) in [5.41, 5.74) is 1.23. The van der Waals surface area contributed by atoms with E-state index in [4.69, 9.17) is 18.0 Å². The van der Waals surface area contributed by atoms with Crippen LogP contribution in [0.1, 0.15) is 38.0 Å². The van der Waals surface area contributed by atoms with Gasteiger partial charge in [0, 0.05) is 24.7 Å². The first kappa shape index (κ1) is 20.8. The molecule has 0 aliphatic heterocycles. The van der Waals surface area contributed by atoms with Gasteiger partial charge in [-0.05, 0) is 50.1 Å². The van der Waals surface area contributed by atoms with E-state index in [-0.39, 0.29) is 27.4 Å². The van der Waals surface area contributed by atoms with Crippen LogP contribution in [-0.2, 0) is 0 Å². The molecule has 0 spiro atoms. The van der Waals surface area contributed by atoms with Gasteiger partial charge in [-0.2, -0.15) is 0 Å². The molecule has 0 aromatic heterocycles. The van der Waals surface area contributed by atoms with E-state index in [0.29, 0.717) is 18.7 Å². The van der Waals surface area contributed by atoms with Crippen LogP contribution in [0, 0.1) is 24.0 Å². The lowest BCUT2D eigenvalue weighted by Gasteiger charge is -2.18. The summed E-state index contributed by atoms with van der Waals surface area (Å²) in [6.07, 6.45) is 4.62. The van der Waals surface area contributed by atoms with Gasteiger partial charge >= 0.3 is 0 Å². The first-order valence-electron chi connectivity index (χ1n) is 8.46. The van der Waals surface area contributed by atoms with Crippen molar-refractivity contribution in [2.75, 3.05) is 13.1 Å². The molecule has 4 nitrogen and oxygen atoms in total. The minimum atomic E-state index is -0.974. The molecule has 0 fully saturated rings. The Labute approximate surface area is 162 Å². The Balaban J connectivity index is 2.87. The number of aliphatic hydroxyl groups excluding tert-OH is 1. The van der Waals surface area contributed by atoms with Crippen LogP contribution in [0.25, 0.3) is 11.1 Å². The first-order chi connectivity index (χ1) is 12.8. The Kier molecular flexibility index (Phi) is 6.89. The van der Waals surface area contributed by atoms with E-state index in [2.05, 4.69) is 16.3 Å². The highest BCUT2D eigenvalue weighted by Crippen LogP contribution is 2.43. The lowest BCUT2D eigenvalue weighted by Crippen LogP contribution is -2.14. The van der Waals surface area contributed by atoms with Gasteiger partial charge in [0.05, 0.1) is 16.7 Å². The van der Waals surface area contributed by atoms with Gasteiger partial charge in [0.2, 0.25) is 0 Å². The molecule has 2 rings (SSSR count). The smallest absolute Gasteiger partial charge is 0.126 e. The maximum atomic E-state index is 13.8. The largest absolute Gasteiger partial charge is 0.389 e. The molecule has 2 aromatic carbocycles. The van der Waals surface area contributed by atoms with Crippen LogP contribution in [0.4, 0.5) is 14.5 Å². The van der Waals surface area contributed by atoms with E-state index in [0.717, 1.165) is 18.2 Å². The topological polar surface area (TPSA) is 48.2 Å². The third-order valence-corrected chi connectivity index (χ3v) is 4.33. The second-order valence-electron chi connectivity index (χ2n) is 5.85. The Bertz CT molecular complexity index is 883. The summed E-state index contributed by atoms with van der Waals surface area (Å²) in [7, 11) is 0. The van der Waals surface area contributed by atoms with Crippen LogP contribution in [-0.4, -0.2) is 23.2 Å². The molecule has 0 saturated carbocycles. The maximum absolute atomic E-state index is 13.8. The second-order valence-corrected chi connectivity index (χ2v) is 6.26. The zero-order valence-corrected chi connectivity index (χ0v) is 16.1. The van der Waals surface area contributed by atoms with Crippen LogP contribution in [0.2, 0.25) is 5.02 Å². The second kappa shape index (κ2) is 8.94. The number of hydrogen-bond donors (Lipinski definition) is 1. The molecule has 1 atom stereocenters. The molecule has 1 N–H and O–H groups in total. The molecule has 0 heterocycles. The first-order valence-corrected chi connectivity index (χ1v) is 8.84. The fraction of sp³-hybridized carbons (Fsp3) is 0.300. The highest BCUT2D eigenvalue weighted by atomic mass is 35.5. The van der Waals surface area contributed by atoms with Gasteiger partial charge in [-0.3, -0.25) is 5.01 Å². The normalized spacial score (nSPS) is 12.2. The van der Waals surface area contributed by atoms with E-state index in [1.165, 1.54) is 13.0 Å². The van der Waals surface area contributed by atoms with Gasteiger partial charge in [0.1, 0.15) is 17.3 Å². The van der Waals surface area contributed by atoms with Crippen molar-refractivity contribution in [1.82, 2.24) is 5.01 Å². The van der Waals surface area contributed by atoms with Gasteiger partial charge < -0.3 is 5.11 Å². The minimum Gasteiger partial charge on any atom is -0.389 e. The minimum absolute atomic E-state index is 0.179. The number of nitrogens with zero attached hydrogens (tertiary/aromatic N) is 3. The van der Waals surface area contributed by atoms with Gasteiger partial charge in [-0.25, -0.2) is 8.78 Å². The Morgan fingerprint density at radius 1 is 1.19 bits per heavy atom. The molecule has 2 aromatic rings. The van der Waals surface area contributed by atoms with E-state index in [1.807, 2.05) is 13.8 Å². The van der Waals surface area contributed by atoms with Crippen molar-refractivity contribution in [3.63, 3.8) is 0 Å². The highest BCUT2D eigenvalue weighted by molar-refractivity contribution is 6.32.